The number of rotatable bonds is 3. The van der Waals surface area contributed by atoms with E-state index in [0.717, 1.165) is 22.5 Å². The van der Waals surface area contributed by atoms with Gasteiger partial charge in [0.05, 0.1) is 0 Å². The number of nitrogens with two attached hydrogens (primary N) is 1. The molecular formula is C16H20N4O. The summed E-state index contributed by atoms with van der Waals surface area (Å²) >= 11 is 0. The van der Waals surface area contributed by atoms with Gasteiger partial charge in [-0.2, -0.15) is 0 Å². The second-order valence-corrected chi connectivity index (χ2v) is 5.24. The first-order valence-electron chi connectivity index (χ1n) is 6.72. The number of nitrogens with zero attached hydrogens (tertiary/aromatic N) is 2. The molecule has 0 saturated heterocycles. The third-order valence-corrected chi connectivity index (χ3v) is 3.25. The summed E-state index contributed by atoms with van der Waals surface area (Å²) in [7, 11) is 1.77. The molecule has 0 radical (unpaired) electrons. The molecule has 0 saturated carbocycles. The minimum atomic E-state index is -0.0954. The predicted molar refractivity (Wildman–Crippen MR) is 85.4 cm³/mol. The minimum Gasteiger partial charge on any atom is -0.311 e. The van der Waals surface area contributed by atoms with Crippen molar-refractivity contribution < 1.29 is 4.79 Å². The third kappa shape index (κ3) is 3.38. The van der Waals surface area contributed by atoms with Gasteiger partial charge in [-0.25, -0.2) is 10.8 Å². The molecule has 110 valence electrons. The Bertz CT molecular complexity index is 662. The van der Waals surface area contributed by atoms with E-state index in [1.165, 1.54) is 0 Å². The van der Waals surface area contributed by atoms with Crippen molar-refractivity contribution in [3.05, 3.63) is 52.7 Å². The Hall–Kier alpha value is -2.40. The Balaban J connectivity index is 2.36. The number of nitrogen functional groups attached to an aromatic ring is 1. The van der Waals surface area contributed by atoms with Crippen LogP contribution in [0.2, 0.25) is 0 Å². The number of aryl methyl sites for hydroxylation is 3. The molecule has 5 nitrogen and oxygen atoms in total. The summed E-state index contributed by atoms with van der Waals surface area (Å²) in [6, 6.07) is 9.45. The van der Waals surface area contributed by atoms with Gasteiger partial charge in [0.1, 0.15) is 5.82 Å². The van der Waals surface area contributed by atoms with Crippen LogP contribution in [0.3, 0.4) is 0 Å². The van der Waals surface area contributed by atoms with Gasteiger partial charge in [0.2, 0.25) is 0 Å². The fraction of sp³-hybridized carbons (Fsp3) is 0.250. The number of nitrogens with one attached hydrogen (secondary N) is 1. The first-order chi connectivity index (χ1) is 9.90. The fourth-order valence-corrected chi connectivity index (χ4v) is 2.32. The van der Waals surface area contributed by atoms with E-state index < -0.39 is 0 Å². The van der Waals surface area contributed by atoms with Crippen LogP contribution in [0.4, 0.5) is 11.5 Å². The number of hydrazine groups is 1. The van der Waals surface area contributed by atoms with Gasteiger partial charge in [0, 0.05) is 24.0 Å². The highest BCUT2D eigenvalue weighted by Gasteiger charge is 2.15. The highest BCUT2D eigenvalue weighted by Crippen LogP contribution is 2.20. The van der Waals surface area contributed by atoms with Gasteiger partial charge in [-0.15, -0.1) is 0 Å². The third-order valence-electron chi connectivity index (χ3n) is 3.25. The predicted octanol–water partition coefficient (Wildman–Crippen LogP) is 2.57. The maximum atomic E-state index is 12.6. The highest BCUT2D eigenvalue weighted by molar-refractivity contribution is 6.06. The van der Waals surface area contributed by atoms with Crippen LogP contribution in [0.15, 0.2) is 30.3 Å². The van der Waals surface area contributed by atoms with Crippen molar-refractivity contribution in [1.29, 1.82) is 0 Å². The Labute approximate surface area is 124 Å². The summed E-state index contributed by atoms with van der Waals surface area (Å²) in [4.78, 5) is 18.4. The van der Waals surface area contributed by atoms with E-state index in [0.29, 0.717) is 11.4 Å². The number of aromatic nitrogens is 1. The lowest BCUT2D eigenvalue weighted by Gasteiger charge is -2.19. The Kier molecular flexibility index (Phi) is 4.23. The number of hydrogen-bond acceptors (Lipinski definition) is 4. The summed E-state index contributed by atoms with van der Waals surface area (Å²) in [5.41, 5.74) is 6.89. The van der Waals surface area contributed by atoms with Gasteiger partial charge in [-0.3, -0.25) is 4.79 Å². The van der Waals surface area contributed by atoms with Gasteiger partial charge in [-0.05, 0) is 56.2 Å². The summed E-state index contributed by atoms with van der Waals surface area (Å²) in [5.74, 6) is 5.76. The van der Waals surface area contributed by atoms with E-state index in [9.17, 15) is 4.79 Å². The molecule has 1 aromatic heterocycles. The summed E-state index contributed by atoms with van der Waals surface area (Å²) in [6.07, 6.45) is 0. The van der Waals surface area contributed by atoms with Crippen LogP contribution in [-0.4, -0.2) is 17.9 Å². The lowest BCUT2D eigenvalue weighted by Crippen LogP contribution is -2.27. The van der Waals surface area contributed by atoms with Gasteiger partial charge in [0.25, 0.3) is 5.91 Å². The number of carbonyl (C=O) groups excluding carboxylic acids is 1. The first kappa shape index (κ1) is 15.0. The van der Waals surface area contributed by atoms with Gasteiger partial charge >= 0.3 is 0 Å². The zero-order valence-electron chi connectivity index (χ0n) is 12.8. The van der Waals surface area contributed by atoms with Crippen LogP contribution >= 0.6 is 0 Å². The summed E-state index contributed by atoms with van der Waals surface area (Å²) < 4.78 is 0. The van der Waals surface area contributed by atoms with Gasteiger partial charge in [0.15, 0.2) is 0 Å². The molecule has 0 unspecified atom stereocenters. The molecule has 1 heterocycles. The standard InChI is InChI=1S/C16H20N4O/c1-10-5-11(2)7-14(6-10)20(4)16(21)13-8-12(3)18-15(9-13)19-17/h5-9H,17H2,1-4H3,(H,18,19). The number of carbonyl (C=O) groups is 1. The lowest BCUT2D eigenvalue weighted by atomic mass is 10.1. The average Bonchev–Trinajstić information content (AvgIpc) is 2.43. The molecule has 0 bridgehead atoms. The molecule has 1 aromatic carbocycles. The van der Waals surface area contributed by atoms with Crippen LogP contribution < -0.4 is 16.2 Å². The van der Waals surface area contributed by atoms with Crippen LogP contribution in [0.1, 0.15) is 27.2 Å². The molecule has 21 heavy (non-hydrogen) atoms. The van der Waals surface area contributed by atoms with E-state index >= 15 is 0 Å². The van der Waals surface area contributed by atoms with E-state index in [1.807, 2.05) is 32.9 Å². The molecule has 2 aromatic rings. The lowest BCUT2D eigenvalue weighted by molar-refractivity contribution is 0.0993. The Morgan fingerprint density at radius 2 is 1.71 bits per heavy atom. The molecule has 3 N–H and O–H groups in total. The first-order valence-corrected chi connectivity index (χ1v) is 6.72. The molecule has 0 aliphatic heterocycles. The number of benzene rings is 1. The quantitative estimate of drug-likeness (QED) is 0.671. The van der Waals surface area contributed by atoms with Crippen molar-refractivity contribution >= 4 is 17.4 Å². The van der Waals surface area contributed by atoms with Crippen LogP contribution in [0, 0.1) is 20.8 Å². The van der Waals surface area contributed by atoms with Crippen molar-refractivity contribution in [3.8, 4) is 0 Å². The molecule has 0 fully saturated rings. The molecule has 5 heteroatoms. The summed E-state index contributed by atoms with van der Waals surface area (Å²) in [5, 5.41) is 0. The SMILES string of the molecule is Cc1cc(C)cc(N(C)C(=O)c2cc(C)nc(NN)c2)c1. The molecule has 0 atom stereocenters. The maximum Gasteiger partial charge on any atom is 0.258 e. The fourth-order valence-electron chi connectivity index (χ4n) is 2.32. The molecule has 2 rings (SSSR count). The van der Waals surface area contributed by atoms with E-state index in [-0.39, 0.29) is 5.91 Å². The van der Waals surface area contributed by atoms with E-state index in [2.05, 4.69) is 16.5 Å². The average molecular weight is 284 g/mol. The van der Waals surface area contributed by atoms with Gasteiger partial charge < -0.3 is 10.3 Å². The van der Waals surface area contributed by atoms with Crippen molar-refractivity contribution in [2.75, 3.05) is 17.4 Å². The van der Waals surface area contributed by atoms with Crippen molar-refractivity contribution in [2.24, 2.45) is 5.84 Å². The zero-order valence-corrected chi connectivity index (χ0v) is 12.8. The van der Waals surface area contributed by atoms with Crippen molar-refractivity contribution in [3.63, 3.8) is 0 Å². The topological polar surface area (TPSA) is 71.2 Å². The van der Waals surface area contributed by atoms with E-state index in [4.69, 9.17) is 5.84 Å². The van der Waals surface area contributed by atoms with Gasteiger partial charge in [-0.1, -0.05) is 6.07 Å². The number of pyridine rings is 1. The second-order valence-electron chi connectivity index (χ2n) is 5.24. The normalized spacial score (nSPS) is 10.3. The largest absolute Gasteiger partial charge is 0.311 e. The molecule has 1 amide bonds. The van der Waals surface area contributed by atoms with E-state index in [1.54, 1.807) is 24.1 Å². The van der Waals surface area contributed by atoms with Crippen LogP contribution in [-0.2, 0) is 0 Å². The number of hydrogen-bond donors (Lipinski definition) is 2. The smallest absolute Gasteiger partial charge is 0.258 e. The molecular weight excluding hydrogens is 264 g/mol. The maximum absolute atomic E-state index is 12.6. The van der Waals surface area contributed by atoms with Crippen molar-refractivity contribution in [2.45, 2.75) is 20.8 Å². The zero-order chi connectivity index (χ0) is 15.6. The molecule has 0 aliphatic rings. The molecule has 0 aliphatic carbocycles. The molecule has 0 spiro atoms. The Morgan fingerprint density at radius 3 is 2.29 bits per heavy atom. The number of anilines is 2. The van der Waals surface area contributed by atoms with Crippen LogP contribution in [0.5, 0.6) is 0 Å². The minimum absolute atomic E-state index is 0.0954. The van der Waals surface area contributed by atoms with Crippen LogP contribution in [0.25, 0.3) is 0 Å². The number of amides is 1. The highest BCUT2D eigenvalue weighted by atomic mass is 16.2. The Morgan fingerprint density at radius 1 is 1.10 bits per heavy atom. The second kappa shape index (κ2) is 5.93. The summed E-state index contributed by atoms with van der Waals surface area (Å²) in [6.45, 7) is 5.86. The monoisotopic (exact) mass is 284 g/mol. The van der Waals surface area contributed by atoms with Crippen molar-refractivity contribution in [1.82, 2.24) is 4.98 Å².